The third kappa shape index (κ3) is 4.08. The summed E-state index contributed by atoms with van der Waals surface area (Å²) in [5.74, 6) is 1.10. The first-order valence-electron chi connectivity index (χ1n) is 6.50. The molecule has 116 valence electrons. The van der Waals surface area contributed by atoms with E-state index in [0.29, 0.717) is 22.2 Å². The van der Waals surface area contributed by atoms with E-state index in [1.807, 2.05) is 25.3 Å². The van der Waals surface area contributed by atoms with E-state index in [1.165, 1.54) is 0 Å². The fraction of sp³-hybridized carbons (Fsp3) is 0.188. The molecular formula is C16H16ClNO3S. The zero-order valence-corrected chi connectivity index (χ0v) is 14.0. The standard InChI is InChI=1S/C16H16ClNO3S/c1-10-8-12(5-7-15(10)22-3)21-16(19)18-14-6-4-11(20-2)9-13(14)17/h4-9H,1-3H3,(H,18,19). The van der Waals surface area contributed by atoms with Crippen LogP contribution in [0.15, 0.2) is 41.3 Å². The van der Waals surface area contributed by atoms with Crippen LogP contribution in [0.3, 0.4) is 0 Å². The number of thioether (sulfide) groups is 1. The molecule has 0 aliphatic heterocycles. The van der Waals surface area contributed by atoms with Crippen LogP contribution in [-0.2, 0) is 0 Å². The lowest BCUT2D eigenvalue weighted by molar-refractivity contribution is 0.215. The van der Waals surface area contributed by atoms with E-state index in [1.54, 1.807) is 43.1 Å². The van der Waals surface area contributed by atoms with Crippen molar-refractivity contribution in [2.45, 2.75) is 11.8 Å². The zero-order valence-electron chi connectivity index (χ0n) is 12.5. The van der Waals surface area contributed by atoms with Crippen LogP contribution < -0.4 is 14.8 Å². The number of anilines is 1. The lowest BCUT2D eigenvalue weighted by Crippen LogP contribution is -2.17. The van der Waals surface area contributed by atoms with Gasteiger partial charge in [-0.3, -0.25) is 5.32 Å². The van der Waals surface area contributed by atoms with E-state index in [-0.39, 0.29) is 0 Å². The summed E-state index contributed by atoms with van der Waals surface area (Å²) in [6.07, 6.45) is 1.41. The summed E-state index contributed by atoms with van der Waals surface area (Å²) >= 11 is 7.71. The molecule has 0 atom stereocenters. The molecule has 1 N–H and O–H groups in total. The van der Waals surface area contributed by atoms with Crippen molar-refractivity contribution in [3.8, 4) is 11.5 Å². The fourth-order valence-electron chi connectivity index (χ4n) is 1.88. The highest BCUT2D eigenvalue weighted by Gasteiger charge is 2.10. The Labute approximate surface area is 138 Å². The molecule has 2 aromatic rings. The summed E-state index contributed by atoms with van der Waals surface area (Å²) in [4.78, 5) is 13.1. The van der Waals surface area contributed by atoms with Gasteiger partial charge in [-0.1, -0.05) is 11.6 Å². The Kier molecular flexibility index (Phi) is 5.57. The Morgan fingerprint density at radius 1 is 1.18 bits per heavy atom. The number of halogens is 1. The number of carbonyl (C=O) groups is 1. The minimum absolute atomic E-state index is 0.380. The van der Waals surface area contributed by atoms with Crippen molar-refractivity contribution < 1.29 is 14.3 Å². The summed E-state index contributed by atoms with van der Waals surface area (Å²) in [5.41, 5.74) is 1.52. The van der Waals surface area contributed by atoms with Gasteiger partial charge >= 0.3 is 6.09 Å². The van der Waals surface area contributed by atoms with Gasteiger partial charge in [-0.15, -0.1) is 11.8 Å². The largest absolute Gasteiger partial charge is 0.497 e. The number of hydrogen-bond acceptors (Lipinski definition) is 4. The van der Waals surface area contributed by atoms with Crippen LogP contribution in [0, 0.1) is 6.92 Å². The minimum Gasteiger partial charge on any atom is -0.497 e. The number of nitrogens with one attached hydrogen (secondary N) is 1. The molecule has 2 rings (SSSR count). The number of amides is 1. The minimum atomic E-state index is -0.594. The SMILES string of the molecule is COc1ccc(NC(=O)Oc2ccc(SC)c(C)c2)c(Cl)c1. The predicted octanol–water partition coefficient (Wildman–Crippen LogP) is 4.99. The van der Waals surface area contributed by atoms with Crippen LogP contribution in [0.2, 0.25) is 5.02 Å². The highest BCUT2D eigenvalue weighted by molar-refractivity contribution is 7.98. The maximum atomic E-state index is 11.9. The van der Waals surface area contributed by atoms with Gasteiger partial charge in [0.15, 0.2) is 0 Å². The summed E-state index contributed by atoms with van der Waals surface area (Å²) < 4.78 is 10.3. The topological polar surface area (TPSA) is 47.6 Å². The first kappa shape index (κ1) is 16.5. The Morgan fingerprint density at radius 3 is 2.50 bits per heavy atom. The number of hydrogen-bond donors (Lipinski definition) is 1. The van der Waals surface area contributed by atoms with Crippen molar-refractivity contribution >= 4 is 35.1 Å². The van der Waals surface area contributed by atoms with E-state index in [2.05, 4.69) is 5.32 Å². The third-order valence-electron chi connectivity index (χ3n) is 2.99. The molecule has 0 fully saturated rings. The number of ether oxygens (including phenoxy) is 2. The smallest absolute Gasteiger partial charge is 0.417 e. The number of carbonyl (C=O) groups excluding carboxylic acids is 1. The predicted molar refractivity (Wildman–Crippen MR) is 90.6 cm³/mol. The van der Waals surface area contributed by atoms with Crippen LogP contribution in [-0.4, -0.2) is 19.5 Å². The molecule has 0 spiro atoms. The van der Waals surface area contributed by atoms with Gasteiger partial charge in [0.25, 0.3) is 0 Å². The van der Waals surface area contributed by atoms with Crippen LogP contribution in [0.1, 0.15) is 5.56 Å². The molecule has 0 heterocycles. The molecule has 0 saturated heterocycles. The first-order valence-corrected chi connectivity index (χ1v) is 8.10. The Morgan fingerprint density at radius 2 is 1.91 bits per heavy atom. The lowest BCUT2D eigenvalue weighted by atomic mass is 10.2. The van der Waals surface area contributed by atoms with Gasteiger partial charge in [0.1, 0.15) is 11.5 Å². The molecule has 0 unspecified atom stereocenters. The summed E-state index contributed by atoms with van der Waals surface area (Å²) in [7, 11) is 1.55. The van der Waals surface area contributed by atoms with Crippen molar-refractivity contribution in [2.75, 3.05) is 18.7 Å². The van der Waals surface area contributed by atoms with Gasteiger partial charge in [0, 0.05) is 11.0 Å². The molecule has 2 aromatic carbocycles. The maximum Gasteiger partial charge on any atom is 0.417 e. The molecule has 0 radical (unpaired) electrons. The first-order chi connectivity index (χ1) is 10.5. The number of benzene rings is 2. The maximum absolute atomic E-state index is 11.9. The average molecular weight is 338 g/mol. The second-order valence-corrected chi connectivity index (χ2v) is 5.75. The molecule has 1 amide bonds. The highest BCUT2D eigenvalue weighted by Crippen LogP contribution is 2.27. The summed E-state index contributed by atoms with van der Waals surface area (Å²) in [6, 6.07) is 10.5. The third-order valence-corrected chi connectivity index (χ3v) is 4.20. The van der Waals surface area contributed by atoms with Crippen molar-refractivity contribution in [2.24, 2.45) is 0 Å². The number of methoxy groups -OCH3 is 1. The van der Waals surface area contributed by atoms with Crippen LogP contribution >= 0.6 is 23.4 Å². The summed E-state index contributed by atoms with van der Waals surface area (Å²) in [6.45, 7) is 1.97. The molecule has 6 heteroatoms. The highest BCUT2D eigenvalue weighted by atomic mass is 35.5. The Balaban J connectivity index is 2.05. The second kappa shape index (κ2) is 7.42. The molecular weight excluding hydrogens is 322 g/mol. The van der Waals surface area contributed by atoms with E-state index in [4.69, 9.17) is 21.1 Å². The van der Waals surface area contributed by atoms with Gasteiger partial charge in [0.2, 0.25) is 0 Å². The quantitative estimate of drug-likeness (QED) is 0.798. The molecule has 0 aliphatic rings. The fourth-order valence-corrected chi connectivity index (χ4v) is 2.68. The lowest BCUT2D eigenvalue weighted by Gasteiger charge is -2.10. The molecule has 0 bridgehead atoms. The van der Waals surface area contributed by atoms with Crippen LogP contribution in [0.25, 0.3) is 0 Å². The number of rotatable bonds is 4. The van der Waals surface area contributed by atoms with Crippen LogP contribution in [0.4, 0.5) is 10.5 Å². The Bertz CT molecular complexity index is 691. The molecule has 4 nitrogen and oxygen atoms in total. The van der Waals surface area contributed by atoms with Crippen molar-refractivity contribution in [1.82, 2.24) is 0 Å². The normalized spacial score (nSPS) is 10.2. The van der Waals surface area contributed by atoms with Gasteiger partial charge < -0.3 is 9.47 Å². The van der Waals surface area contributed by atoms with Crippen LogP contribution in [0.5, 0.6) is 11.5 Å². The number of aryl methyl sites for hydroxylation is 1. The Hall–Kier alpha value is -1.85. The molecule has 0 saturated carbocycles. The average Bonchev–Trinajstić information content (AvgIpc) is 2.49. The van der Waals surface area contributed by atoms with Crippen molar-refractivity contribution in [1.29, 1.82) is 0 Å². The van der Waals surface area contributed by atoms with E-state index >= 15 is 0 Å². The summed E-state index contributed by atoms with van der Waals surface area (Å²) in [5, 5.41) is 2.98. The molecule has 0 aromatic heterocycles. The van der Waals surface area contributed by atoms with E-state index in [0.717, 1.165) is 10.5 Å². The van der Waals surface area contributed by atoms with Gasteiger partial charge in [0.05, 0.1) is 17.8 Å². The van der Waals surface area contributed by atoms with E-state index in [9.17, 15) is 4.79 Å². The van der Waals surface area contributed by atoms with E-state index < -0.39 is 6.09 Å². The van der Waals surface area contributed by atoms with Crippen molar-refractivity contribution in [3.63, 3.8) is 0 Å². The molecule has 22 heavy (non-hydrogen) atoms. The van der Waals surface area contributed by atoms with Crippen molar-refractivity contribution in [3.05, 3.63) is 47.0 Å². The molecule has 0 aliphatic carbocycles. The van der Waals surface area contributed by atoms with Gasteiger partial charge in [-0.2, -0.15) is 0 Å². The monoisotopic (exact) mass is 337 g/mol. The second-order valence-electron chi connectivity index (χ2n) is 4.49. The van der Waals surface area contributed by atoms with Gasteiger partial charge in [-0.05, 0) is 49.1 Å². The zero-order chi connectivity index (χ0) is 16.1. The van der Waals surface area contributed by atoms with Gasteiger partial charge in [-0.25, -0.2) is 4.79 Å².